The first-order valence-electron chi connectivity index (χ1n) is 14.4. The maximum absolute atomic E-state index is 14.1. The molecule has 3 aromatic rings. The molecule has 3 rings (SSSR count). The molecular weight excluding hydrogens is 549 g/mol. The van der Waals surface area contributed by atoms with Gasteiger partial charge in [0, 0.05) is 24.8 Å². The molecule has 0 heterocycles. The van der Waals surface area contributed by atoms with Crippen LogP contribution in [-0.2, 0) is 22.3 Å². The van der Waals surface area contributed by atoms with E-state index < -0.39 is 29.3 Å². The van der Waals surface area contributed by atoms with Crippen molar-refractivity contribution >= 4 is 11.7 Å². The van der Waals surface area contributed by atoms with Crippen molar-refractivity contribution in [3.05, 3.63) is 88.5 Å². The molecule has 0 fully saturated rings. The van der Waals surface area contributed by atoms with Crippen LogP contribution in [0.25, 0.3) is 11.1 Å². The van der Waals surface area contributed by atoms with Crippen LogP contribution in [-0.4, -0.2) is 19.1 Å². The molecule has 0 aromatic heterocycles. The second-order valence-electron chi connectivity index (χ2n) is 11.6. The second kappa shape index (κ2) is 14.2. The standard InChI is InChI=1S/C34H40F5NO2/c1-7-42-33(41)32(14-22(4)5)31-19-29(18-30(23(31)6)25-8-10-26(11-9-25)34(37,38)39)40(13-12-21(2)3)20-24-15-27(35)17-28(36)16-24/h8-11,15-19,21-22,32H,7,12-14,20H2,1-6H3. The molecule has 0 N–H and O–H groups in total. The highest BCUT2D eigenvalue weighted by atomic mass is 19.4. The van der Waals surface area contributed by atoms with Crippen LogP contribution in [0.3, 0.4) is 0 Å². The van der Waals surface area contributed by atoms with Gasteiger partial charge < -0.3 is 9.64 Å². The van der Waals surface area contributed by atoms with Gasteiger partial charge in [0.25, 0.3) is 0 Å². The molecule has 0 saturated carbocycles. The van der Waals surface area contributed by atoms with Gasteiger partial charge >= 0.3 is 12.1 Å². The lowest BCUT2D eigenvalue weighted by Gasteiger charge is -2.30. The van der Waals surface area contributed by atoms with E-state index in [9.17, 15) is 26.7 Å². The number of carbonyl (C=O) groups excluding carboxylic acids is 1. The zero-order valence-electron chi connectivity index (χ0n) is 25.1. The van der Waals surface area contributed by atoms with Crippen molar-refractivity contribution in [1.82, 2.24) is 0 Å². The molecule has 0 radical (unpaired) electrons. The van der Waals surface area contributed by atoms with Crippen LogP contribution in [0.15, 0.2) is 54.6 Å². The summed E-state index contributed by atoms with van der Waals surface area (Å²) in [5.74, 6) is -1.83. The van der Waals surface area contributed by atoms with Crippen LogP contribution in [0.5, 0.6) is 0 Å². The highest BCUT2D eigenvalue weighted by Gasteiger charge is 2.31. The molecule has 3 aromatic carbocycles. The van der Waals surface area contributed by atoms with Crippen molar-refractivity contribution in [3.8, 4) is 11.1 Å². The number of alkyl halides is 3. The van der Waals surface area contributed by atoms with Crippen LogP contribution in [0, 0.1) is 30.4 Å². The summed E-state index contributed by atoms with van der Waals surface area (Å²) in [6.45, 7) is 12.7. The predicted molar refractivity (Wildman–Crippen MR) is 157 cm³/mol. The van der Waals surface area contributed by atoms with Gasteiger partial charge in [-0.1, -0.05) is 39.8 Å². The number of hydrogen-bond acceptors (Lipinski definition) is 3. The van der Waals surface area contributed by atoms with Gasteiger partial charge in [-0.05, 0) is 103 Å². The molecule has 0 saturated heterocycles. The van der Waals surface area contributed by atoms with E-state index >= 15 is 0 Å². The van der Waals surface area contributed by atoms with Gasteiger partial charge in [0.2, 0.25) is 0 Å². The van der Waals surface area contributed by atoms with Gasteiger partial charge in [0.05, 0.1) is 18.1 Å². The molecule has 1 atom stereocenters. The predicted octanol–water partition coefficient (Wildman–Crippen LogP) is 9.70. The summed E-state index contributed by atoms with van der Waals surface area (Å²) in [5, 5.41) is 0. The Morgan fingerprint density at radius 1 is 0.905 bits per heavy atom. The number of nitrogens with zero attached hydrogens (tertiary/aromatic N) is 1. The molecule has 0 spiro atoms. The molecule has 42 heavy (non-hydrogen) atoms. The third-order valence-electron chi connectivity index (χ3n) is 7.25. The Morgan fingerprint density at radius 2 is 1.52 bits per heavy atom. The molecule has 3 nitrogen and oxygen atoms in total. The monoisotopic (exact) mass is 589 g/mol. The summed E-state index contributed by atoms with van der Waals surface area (Å²) in [7, 11) is 0. The Hall–Kier alpha value is -3.42. The van der Waals surface area contributed by atoms with E-state index in [-0.39, 0.29) is 25.0 Å². The van der Waals surface area contributed by atoms with E-state index in [1.807, 2.05) is 37.8 Å². The highest BCUT2D eigenvalue weighted by molar-refractivity contribution is 5.82. The minimum Gasteiger partial charge on any atom is -0.466 e. The largest absolute Gasteiger partial charge is 0.466 e. The van der Waals surface area contributed by atoms with Crippen molar-refractivity contribution in [2.75, 3.05) is 18.1 Å². The van der Waals surface area contributed by atoms with Crippen LogP contribution in [0.2, 0.25) is 0 Å². The summed E-state index contributed by atoms with van der Waals surface area (Å²) in [6.07, 6.45) is -3.18. The smallest absolute Gasteiger partial charge is 0.416 e. The van der Waals surface area contributed by atoms with Gasteiger partial charge in [0.1, 0.15) is 11.6 Å². The highest BCUT2D eigenvalue weighted by Crippen LogP contribution is 2.39. The Labute approximate surface area is 245 Å². The van der Waals surface area contributed by atoms with Crippen LogP contribution in [0.1, 0.15) is 75.6 Å². The lowest BCUT2D eigenvalue weighted by Crippen LogP contribution is -2.26. The SMILES string of the molecule is CCOC(=O)C(CC(C)C)c1cc(N(CCC(C)C)Cc2cc(F)cc(F)c2)cc(-c2ccc(C(F)(F)F)cc2)c1C. The first kappa shape index (κ1) is 33.1. The van der Waals surface area contributed by atoms with Gasteiger partial charge in [-0.15, -0.1) is 0 Å². The minimum atomic E-state index is -4.47. The molecule has 8 heteroatoms. The fraction of sp³-hybridized carbons (Fsp3) is 0.441. The van der Waals surface area contributed by atoms with Gasteiger partial charge in [0.15, 0.2) is 0 Å². The Kier molecular flexibility index (Phi) is 11.2. The third-order valence-corrected chi connectivity index (χ3v) is 7.25. The fourth-order valence-corrected chi connectivity index (χ4v) is 5.10. The maximum Gasteiger partial charge on any atom is 0.416 e. The number of anilines is 1. The van der Waals surface area contributed by atoms with Crippen molar-refractivity contribution in [3.63, 3.8) is 0 Å². The Balaban J connectivity index is 2.25. The summed E-state index contributed by atoms with van der Waals surface area (Å²) in [6, 6.07) is 12.2. The van der Waals surface area contributed by atoms with Crippen LogP contribution in [0.4, 0.5) is 27.6 Å². The summed E-state index contributed by atoms with van der Waals surface area (Å²) < 4.78 is 73.7. The first-order valence-corrected chi connectivity index (χ1v) is 14.4. The lowest BCUT2D eigenvalue weighted by atomic mass is 9.84. The number of hydrogen-bond donors (Lipinski definition) is 0. The average molecular weight is 590 g/mol. The molecule has 228 valence electrons. The van der Waals surface area contributed by atoms with E-state index in [0.717, 1.165) is 35.7 Å². The van der Waals surface area contributed by atoms with Crippen molar-refractivity contribution < 1.29 is 31.5 Å². The number of esters is 1. The van der Waals surface area contributed by atoms with Gasteiger partial charge in [-0.25, -0.2) is 8.78 Å². The number of rotatable bonds is 12. The summed E-state index contributed by atoms with van der Waals surface area (Å²) in [4.78, 5) is 15.3. The van der Waals surface area contributed by atoms with E-state index in [1.54, 1.807) is 6.92 Å². The number of carbonyl (C=O) groups is 1. The summed E-state index contributed by atoms with van der Waals surface area (Å²) in [5.41, 5.74) is 3.11. The molecule has 0 aliphatic carbocycles. The molecule has 0 bridgehead atoms. The summed E-state index contributed by atoms with van der Waals surface area (Å²) >= 11 is 0. The molecule has 0 amide bonds. The van der Waals surface area contributed by atoms with Gasteiger partial charge in [-0.3, -0.25) is 4.79 Å². The van der Waals surface area contributed by atoms with Crippen molar-refractivity contribution in [1.29, 1.82) is 0 Å². The third kappa shape index (κ3) is 8.79. The average Bonchev–Trinajstić information content (AvgIpc) is 2.89. The molecule has 0 aliphatic heterocycles. The Bertz CT molecular complexity index is 1330. The fourth-order valence-electron chi connectivity index (χ4n) is 5.10. The van der Waals surface area contributed by atoms with Gasteiger partial charge in [-0.2, -0.15) is 13.2 Å². The second-order valence-corrected chi connectivity index (χ2v) is 11.6. The Morgan fingerprint density at radius 3 is 2.05 bits per heavy atom. The zero-order chi connectivity index (χ0) is 31.2. The van der Waals surface area contributed by atoms with E-state index in [4.69, 9.17) is 4.74 Å². The number of halogens is 5. The van der Waals surface area contributed by atoms with Crippen LogP contribution < -0.4 is 4.90 Å². The van der Waals surface area contributed by atoms with Crippen molar-refractivity contribution in [2.45, 2.75) is 73.0 Å². The number of benzene rings is 3. The number of ether oxygens (including phenoxy) is 1. The van der Waals surface area contributed by atoms with E-state index in [2.05, 4.69) is 13.8 Å². The maximum atomic E-state index is 14.1. The molecular formula is C34H40F5NO2. The first-order chi connectivity index (χ1) is 19.7. The normalized spacial score (nSPS) is 12.6. The van der Waals surface area contributed by atoms with E-state index in [1.165, 1.54) is 24.3 Å². The van der Waals surface area contributed by atoms with Crippen LogP contribution >= 0.6 is 0 Å². The van der Waals surface area contributed by atoms with E-state index in [0.29, 0.717) is 41.3 Å². The zero-order valence-corrected chi connectivity index (χ0v) is 25.1. The quantitative estimate of drug-likeness (QED) is 0.156. The molecule has 0 aliphatic rings. The minimum absolute atomic E-state index is 0.157. The van der Waals surface area contributed by atoms with Crippen molar-refractivity contribution in [2.24, 2.45) is 11.8 Å². The topological polar surface area (TPSA) is 29.5 Å². The molecule has 1 unspecified atom stereocenters. The lowest BCUT2D eigenvalue weighted by molar-refractivity contribution is -0.145.